The van der Waals surface area contributed by atoms with E-state index in [0.717, 1.165) is 19.2 Å². The lowest BCUT2D eigenvalue weighted by atomic mass is 10.2. The van der Waals surface area contributed by atoms with Crippen LogP contribution < -0.4 is 9.46 Å². The second-order valence-corrected chi connectivity index (χ2v) is 12.5. The minimum absolute atomic E-state index is 0.0168. The van der Waals surface area contributed by atoms with Gasteiger partial charge in [0.15, 0.2) is 0 Å². The molecule has 0 spiro atoms. The van der Waals surface area contributed by atoms with Gasteiger partial charge in [0.05, 0.1) is 29.4 Å². The molecular formula is C18H22BrF5NO6PS2. The van der Waals surface area contributed by atoms with Crippen LogP contribution in [0.4, 0.5) is 22.0 Å². The van der Waals surface area contributed by atoms with Gasteiger partial charge in [-0.3, -0.25) is 4.57 Å². The molecule has 1 aromatic carbocycles. The zero-order valence-corrected chi connectivity index (χ0v) is 22.3. The third-order valence-electron chi connectivity index (χ3n) is 4.32. The molecule has 194 valence electrons. The molecule has 1 aromatic heterocycles. The number of benzene rings is 1. The molecule has 0 aliphatic carbocycles. The lowest BCUT2D eigenvalue weighted by molar-refractivity contribution is -0.136. The molecule has 0 aliphatic heterocycles. The minimum Gasteiger partial charge on any atom is -0.492 e. The highest BCUT2D eigenvalue weighted by Gasteiger charge is 2.57. The molecule has 0 fully saturated rings. The van der Waals surface area contributed by atoms with E-state index in [1.54, 1.807) is 0 Å². The Morgan fingerprint density at radius 3 is 2.21 bits per heavy atom. The van der Waals surface area contributed by atoms with Crippen LogP contribution in [-0.2, 0) is 29.3 Å². The first kappa shape index (κ1) is 29.4. The van der Waals surface area contributed by atoms with Crippen LogP contribution in [0.3, 0.4) is 0 Å². The van der Waals surface area contributed by atoms with E-state index in [0.29, 0.717) is 11.3 Å². The van der Waals surface area contributed by atoms with Crippen LogP contribution >= 0.6 is 34.9 Å². The van der Waals surface area contributed by atoms with Crippen molar-refractivity contribution in [3.63, 3.8) is 0 Å². The largest absolute Gasteiger partial charge is 0.492 e. The fourth-order valence-electron chi connectivity index (χ4n) is 2.81. The van der Waals surface area contributed by atoms with Crippen molar-refractivity contribution in [1.82, 2.24) is 4.72 Å². The Labute approximate surface area is 205 Å². The molecule has 0 amide bonds. The Morgan fingerprint density at radius 1 is 1.12 bits per heavy atom. The van der Waals surface area contributed by atoms with E-state index in [9.17, 15) is 26.2 Å². The number of halogens is 6. The van der Waals surface area contributed by atoms with Gasteiger partial charge in [-0.15, -0.1) is 11.3 Å². The molecule has 0 saturated heterocycles. The molecular weight excluding hydrogens is 596 g/mol. The number of rotatable bonds is 12. The van der Waals surface area contributed by atoms with Crippen LogP contribution in [-0.4, -0.2) is 41.5 Å². The number of hydrogen-bond donors (Lipinski definition) is 1. The smallest absolute Gasteiger partial charge is 0.405 e. The zero-order valence-electron chi connectivity index (χ0n) is 18.2. The van der Waals surface area contributed by atoms with Gasteiger partial charge < -0.3 is 13.8 Å². The van der Waals surface area contributed by atoms with Crippen LogP contribution in [0.5, 0.6) is 5.75 Å². The van der Waals surface area contributed by atoms with Gasteiger partial charge in [-0.2, -0.15) is 22.0 Å². The van der Waals surface area contributed by atoms with Crippen molar-refractivity contribution >= 4 is 55.0 Å². The van der Waals surface area contributed by atoms with Crippen molar-refractivity contribution in [1.29, 1.82) is 0 Å². The quantitative estimate of drug-likeness (QED) is 0.164. The lowest BCUT2D eigenvalue weighted by Crippen LogP contribution is -2.18. The Morgan fingerprint density at radius 2 is 1.71 bits per heavy atom. The van der Waals surface area contributed by atoms with Crippen molar-refractivity contribution in [2.75, 3.05) is 26.9 Å². The summed E-state index contributed by atoms with van der Waals surface area (Å²) in [7, 11) is -7.93. The van der Waals surface area contributed by atoms with Gasteiger partial charge in [0.1, 0.15) is 10.6 Å². The van der Waals surface area contributed by atoms with E-state index in [4.69, 9.17) is 13.8 Å². The summed E-state index contributed by atoms with van der Waals surface area (Å²) in [5.41, 5.74) is -4.13. The number of hydrogen-bond acceptors (Lipinski definition) is 7. The van der Waals surface area contributed by atoms with Gasteiger partial charge in [0.25, 0.3) is 0 Å². The Balaban J connectivity index is 2.67. The Kier molecular flexibility index (Phi) is 9.56. The summed E-state index contributed by atoms with van der Waals surface area (Å²) in [5.74, 6) is -0.219. The maximum atomic E-state index is 15.4. The standard InChI is InChI=1S/C18H22BrF5NO6PS2/c1-4-30-32(26,31-5-2)18(23,24)16-14(19)12-9-11(34(27,28)25-3)10-13(15(12)33-16)29-8-6-7-17(20,21)22/h9-10,25H,4-8H2,1-3H3. The topological polar surface area (TPSA) is 90.9 Å². The molecule has 2 rings (SSSR count). The number of nitrogens with one attached hydrogen (secondary N) is 1. The Bertz CT molecular complexity index is 1160. The first-order chi connectivity index (χ1) is 15.6. The van der Waals surface area contributed by atoms with E-state index in [1.165, 1.54) is 13.8 Å². The van der Waals surface area contributed by atoms with Crippen molar-refractivity contribution in [3.8, 4) is 5.75 Å². The third-order valence-corrected chi connectivity index (χ3v) is 10.4. The molecule has 34 heavy (non-hydrogen) atoms. The van der Waals surface area contributed by atoms with Crippen LogP contribution in [0.15, 0.2) is 21.5 Å². The fraction of sp³-hybridized carbons (Fsp3) is 0.556. The predicted octanol–water partition coefficient (Wildman–Crippen LogP) is 6.61. The molecule has 0 radical (unpaired) electrons. The number of fused-ring (bicyclic) bond motifs is 1. The predicted molar refractivity (Wildman–Crippen MR) is 121 cm³/mol. The third kappa shape index (κ3) is 6.29. The summed E-state index contributed by atoms with van der Waals surface area (Å²) in [6.45, 7) is 1.63. The lowest BCUT2D eigenvalue weighted by Gasteiger charge is -2.25. The van der Waals surface area contributed by atoms with Crippen molar-refractivity contribution < 1.29 is 48.7 Å². The molecule has 0 atom stereocenters. The van der Waals surface area contributed by atoms with Gasteiger partial charge in [0, 0.05) is 22.3 Å². The normalized spacial score (nSPS) is 13.6. The van der Waals surface area contributed by atoms with E-state index in [1.807, 2.05) is 0 Å². The second kappa shape index (κ2) is 11.1. The maximum Gasteiger partial charge on any atom is 0.405 e. The number of ether oxygens (including phenoxy) is 1. The number of alkyl halides is 5. The summed E-state index contributed by atoms with van der Waals surface area (Å²) >= 11 is 3.46. The van der Waals surface area contributed by atoms with Gasteiger partial charge in [-0.25, -0.2) is 13.1 Å². The SMILES string of the molecule is CCOP(=O)(OCC)C(F)(F)c1sc2c(OCCCC(F)(F)F)cc(S(=O)(=O)NC)cc2c1Br. The van der Waals surface area contributed by atoms with Crippen molar-refractivity contribution in [2.45, 2.75) is 43.4 Å². The number of sulfonamides is 1. The summed E-state index contributed by atoms with van der Waals surface area (Å²) in [6, 6.07) is 2.12. The zero-order chi connectivity index (χ0) is 25.9. The van der Waals surface area contributed by atoms with Crippen molar-refractivity contribution in [3.05, 3.63) is 21.5 Å². The van der Waals surface area contributed by atoms with Gasteiger partial charge >= 0.3 is 19.4 Å². The second-order valence-electron chi connectivity index (χ2n) is 6.69. The molecule has 0 bridgehead atoms. The van der Waals surface area contributed by atoms with E-state index >= 15 is 8.78 Å². The molecule has 7 nitrogen and oxygen atoms in total. The molecule has 0 aliphatic rings. The fourth-order valence-corrected chi connectivity index (χ4v) is 7.59. The molecule has 2 aromatic rings. The van der Waals surface area contributed by atoms with Crippen LogP contribution in [0.25, 0.3) is 10.1 Å². The summed E-state index contributed by atoms with van der Waals surface area (Å²) in [5, 5.41) is -0.0265. The van der Waals surface area contributed by atoms with E-state index < -0.39 is 53.8 Å². The molecule has 16 heteroatoms. The first-order valence-corrected chi connectivity index (χ1v) is 14.4. The highest BCUT2D eigenvalue weighted by Crippen LogP contribution is 2.69. The molecule has 0 saturated carbocycles. The average molecular weight is 618 g/mol. The summed E-state index contributed by atoms with van der Waals surface area (Å²) in [4.78, 5) is -1.13. The highest BCUT2D eigenvalue weighted by molar-refractivity contribution is 9.10. The summed E-state index contributed by atoms with van der Waals surface area (Å²) in [6.07, 6.45) is -6.00. The van der Waals surface area contributed by atoms with Crippen LogP contribution in [0.1, 0.15) is 31.6 Å². The summed E-state index contributed by atoms with van der Waals surface area (Å²) < 4.78 is 123. The van der Waals surface area contributed by atoms with Gasteiger partial charge in [0.2, 0.25) is 10.0 Å². The van der Waals surface area contributed by atoms with Crippen LogP contribution in [0.2, 0.25) is 0 Å². The van der Waals surface area contributed by atoms with Crippen molar-refractivity contribution in [2.24, 2.45) is 0 Å². The van der Waals surface area contributed by atoms with Gasteiger partial charge in [-0.1, -0.05) is 0 Å². The molecule has 0 unspecified atom stereocenters. The van der Waals surface area contributed by atoms with E-state index in [-0.39, 0.29) is 38.4 Å². The monoisotopic (exact) mass is 617 g/mol. The first-order valence-electron chi connectivity index (χ1n) is 9.80. The average Bonchev–Trinajstić information content (AvgIpc) is 3.08. The number of thiophene rings is 1. The highest BCUT2D eigenvalue weighted by atomic mass is 79.9. The maximum absolute atomic E-state index is 15.4. The molecule has 1 N–H and O–H groups in total. The molecule has 1 heterocycles. The van der Waals surface area contributed by atoms with Gasteiger partial charge in [-0.05, 0) is 49.3 Å². The van der Waals surface area contributed by atoms with Crippen LogP contribution in [0, 0.1) is 0 Å². The minimum atomic E-state index is -4.99. The van der Waals surface area contributed by atoms with E-state index in [2.05, 4.69) is 20.7 Å². The Hall–Kier alpha value is -0.830.